The van der Waals surface area contributed by atoms with E-state index in [4.69, 9.17) is 9.94 Å². The number of hydrogen-bond donors (Lipinski definition) is 6. The maximum absolute atomic E-state index is 12.3. The lowest BCUT2D eigenvalue weighted by Crippen LogP contribution is -2.51. The van der Waals surface area contributed by atoms with Crippen LogP contribution in [-0.4, -0.2) is 58.8 Å². The predicted octanol–water partition coefficient (Wildman–Crippen LogP) is 1.53. The van der Waals surface area contributed by atoms with Crippen molar-refractivity contribution >= 4 is 29.1 Å². The summed E-state index contributed by atoms with van der Waals surface area (Å²) >= 11 is 0. The lowest BCUT2D eigenvalue weighted by atomic mass is 10.1. The summed E-state index contributed by atoms with van der Waals surface area (Å²) in [4.78, 5) is 40.2. The normalized spacial score (nSPS) is 11.3. The molecule has 11 heteroatoms. The number of benzene rings is 2. The summed E-state index contributed by atoms with van der Waals surface area (Å²) in [6, 6.07) is 15.4. The van der Waals surface area contributed by atoms with Gasteiger partial charge >= 0.3 is 0 Å². The average molecular weight is 542 g/mol. The molecule has 1 heterocycles. The molecule has 0 fully saturated rings. The average Bonchev–Trinajstić information content (AvgIpc) is 2.97. The number of carbonyl (C=O) groups excluding carboxylic acids is 3. The Balaban J connectivity index is 1.49. The third-order valence-electron chi connectivity index (χ3n) is 5.35. The second-order valence-electron chi connectivity index (χ2n) is 8.31. The summed E-state index contributed by atoms with van der Waals surface area (Å²) in [5.41, 5.74) is 4.29. The van der Waals surface area contributed by atoms with Gasteiger partial charge in [-0.3, -0.25) is 19.6 Å². The fourth-order valence-corrected chi connectivity index (χ4v) is 3.24. The second kappa shape index (κ2) is 14.5. The number of nitrogens with zero attached hydrogens (tertiary/aromatic N) is 1. The monoisotopic (exact) mass is 541 g/mol. The van der Waals surface area contributed by atoms with Gasteiger partial charge in [-0.1, -0.05) is 11.8 Å². The molecule has 1 aromatic heterocycles. The molecule has 3 amide bonds. The number of amides is 3. The largest absolute Gasteiger partial charge is 0.481 e. The first-order valence-corrected chi connectivity index (χ1v) is 12.0. The van der Waals surface area contributed by atoms with Crippen molar-refractivity contribution in [1.29, 1.82) is 0 Å². The van der Waals surface area contributed by atoms with Crippen molar-refractivity contribution in [2.45, 2.75) is 19.1 Å². The third-order valence-corrected chi connectivity index (χ3v) is 5.35. The molecule has 3 aromatic rings. The molecule has 40 heavy (non-hydrogen) atoms. The minimum Gasteiger partial charge on any atom is -0.481 e. The molecule has 3 rings (SSSR count). The number of hydrogen-bond acceptors (Lipinski definition) is 8. The Morgan fingerprint density at radius 3 is 2.05 bits per heavy atom. The highest BCUT2D eigenvalue weighted by atomic mass is 16.5. The van der Waals surface area contributed by atoms with Crippen molar-refractivity contribution in [3.63, 3.8) is 0 Å². The SMILES string of the molecule is COc1ccc(NCC(=O)Nc2ccc(C#CC#Cc3ccc(C(=O)NC(C(=O)NO)C(C)O)cc3)cc2)cn1. The highest BCUT2D eigenvalue weighted by molar-refractivity contribution is 5.97. The van der Waals surface area contributed by atoms with E-state index in [1.807, 2.05) is 0 Å². The fourth-order valence-electron chi connectivity index (χ4n) is 3.24. The molecule has 0 saturated carbocycles. The molecule has 2 aromatic carbocycles. The molecule has 0 saturated heterocycles. The van der Waals surface area contributed by atoms with E-state index in [0.29, 0.717) is 28.4 Å². The predicted molar refractivity (Wildman–Crippen MR) is 147 cm³/mol. The number of pyridine rings is 1. The zero-order chi connectivity index (χ0) is 28.9. The molecule has 6 N–H and O–H groups in total. The summed E-state index contributed by atoms with van der Waals surface area (Å²) < 4.78 is 5.00. The van der Waals surface area contributed by atoms with Gasteiger partial charge in [-0.2, -0.15) is 0 Å². The van der Waals surface area contributed by atoms with Crippen LogP contribution >= 0.6 is 0 Å². The van der Waals surface area contributed by atoms with Crippen LogP contribution in [0.15, 0.2) is 66.9 Å². The molecule has 2 unspecified atom stereocenters. The Bertz CT molecular complexity index is 1450. The van der Waals surface area contributed by atoms with Crippen LogP contribution < -0.4 is 26.2 Å². The van der Waals surface area contributed by atoms with Gasteiger partial charge in [0, 0.05) is 28.4 Å². The lowest BCUT2D eigenvalue weighted by molar-refractivity contribution is -0.133. The topological polar surface area (TPSA) is 162 Å². The maximum atomic E-state index is 12.3. The Kier molecular flexibility index (Phi) is 10.6. The minimum absolute atomic E-state index is 0.0695. The highest BCUT2D eigenvalue weighted by Crippen LogP contribution is 2.12. The van der Waals surface area contributed by atoms with E-state index < -0.39 is 24.0 Å². The molecule has 11 nitrogen and oxygen atoms in total. The Hall–Kier alpha value is -5.36. The number of rotatable bonds is 9. The molecule has 0 radical (unpaired) electrons. The number of carbonyl (C=O) groups is 3. The zero-order valence-electron chi connectivity index (χ0n) is 21.7. The van der Waals surface area contributed by atoms with Crippen LogP contribution in [0.25, 0.3) is 0 Å². The van der Waals surface area contributed by atoms with E-state index in [0.717, 1.165) is 0 Å². The second-order valence-corrected chi connectivity index (χ2v) is 8.31. The van der Waals surface area contributed by atoms with Crippen LogP contribution in [-0.2, 0) is 9.59 Å². The lowest BCUT2D eigenvalue weighted by Gasteiger charge is -2.19. The van der Waals surface area contributed by atoms with Gasteiger partial charge in [0.05, 0.1) is 31.6 Å². The Morgan fingerprint density at radius 2 is 1.52 bits per heavy atom. The molecule has 0 aliphatic carbocycles. The quantitative estimate of drug-likeness (QED) is 0.135. The van der Waals surface area contributed by atoms with E-state index in [9.17, 15) is 19.5 Å². The molecule has 2 atom stereocenters. The van der Waals surface area contributed by atoms with Crippen molar-refractivity contribution in [3.8, 4) is 29.6 Å². The van der Waals surface area contributed by atoms with Crippen molar-refractivity contribution in [1.82, 2.24) is 15.8 Å². The molecular weight excluding hydrogens is 514 g/mol. The molecular formula is C29H27N5O6. The van der Waals surface area contributed by atoms with Crippen LogP contribution in [0.5, 0.6) is 5.88 Å². The standard InChI is InChI=1S/C29H27N5O6/c1-19(35)27(29(38)34-39)33-28(37)22-11-7-20(8-12-22)5-3-4-6-21-9-13-23(14-10-21)32-25(36)18-30-24-15-16-26(40-2)31-17-24/h7-17,19,27,30,35,39H,18H2,1-2H3,(H,32,36)(H,33,37)(H,34,38). The minimum atomic E-state index is -1.31. The van der Waals surface area contributed by atoms with Crippen LogP contribution in [0.1, 0.15) is 28.4 Å². The molecule has 0 bridgehead atoms. The van der Waals surface area contributed by atoms with E-state index in [-0.39, 0.29) is 18.0 Å². The van der Waals surface area contributed by atoms with Crippen LogP contribution in [0.4, 0.5) is 11.4 Å². The van der Waals surface area contributed by atoms with Gasteiger partial charge in [0.25, 0.3) is 11.8 Å². The number of anilines is 2. The Labute approximate surface area is 230 Å². The number of aromatic nitrogens is 1. The number of hydroxylamine groups is 1. The smallest absolute Gasteiger partial charge is 0.268 e. The first-order valence-electron chi connectivity index (χ1n) is 12.0. The number of aliphatic hydroxyl groups excluding tert-OH is 1. The Morgan fingerprint density at radius 1 is 0.925 bits per heavy atom. The maximum Gasteiger partial charge on any atom is 0.268 e. The van der Waals surface area contributed by atoms with Gasteiger partial charge in [-0.15, -0.1) is 0 Å². The molecule has 204 valence electrons. The van der Waals surface area contributed by atoms with Crippen LogP contribution in [0.3, 0.4) is 0 Å². The summed E-state index contributed by atoms with van der Waals surface area (Å²) in [7, 11) is 1.53. The first-order chi connectivity index (χ1) is 19.3. The van der Waals surface area contributed by atoms with E-state index in [1.165, 1.54) is 31.6 Å². The van der Waals surface area contributed by atoms with Crippen molar-refractivity contribution in [2.24, 2.45) is 0 Å². The van der Waals surface area contributed by atoms with Crippen molar-refractivity contribution in [2.75, 3.05) is 24.3 Å². The zero-order valence-corrected chi connectivity index (χ0v) is 21.7. The molecule has 0 spiro atoms. The van der Waals surface area contributed by atoms with Crippen molar-refractivity contribution in [3.05, 3.63) is 83.6 Å². The summed E-state index contributed by atoms with van der Waals surface area (Å²) in [6.07, 6.45) is 0.371. The van der Waals surface area contributed by atoms with Gasteiger partial charge in [0.2, 0.25) is 11.8 Å². The van der Waals surface area contributed by atoms with E-state index in [1.54, 1.807) is 54.7 Å². The van der Waals surface area contributed by atoms with Gasteiger partial charge in [0.15, 0.2) is 0 Å². The molecule has 0 aliphatic rings. The number of nitrogens with one attached hydrogen (secondary N) is 4. The van der Waals surface area contributed by atoms with Gasteiger partial charge in [0.1, 0.15) is 6.04 Å². The van der Waals surface area contributed by atoms with Gasteiger partial charge in [-0.25, -0.2) is 10.5 Å². The van der Waals surface area contributed by atoms with E-state index in [2.05, 4.69) is 44.6 Å². The molecule has 0 aliphatic heterocycles. The van der Waals surface area contributed by atoms with Gasteiger partial charge in [-0.05, 0) is 73.4 Å². The summed E-state index contributed by atoms with van der Waals surface area (Å²) in [6.45, 7) is 1.38. The first kappa shape index (κ1) is 29.2. The van der Waals surface area contributed by atoms with Crippen LogP contribution in [0.2, 0.25) is 0 Å². The third kappa shape index (κ3) is 8.89. The highest BCUT2D eigenvalue weighted by Gasteiger charge is 2.25. The number of aliphatic hydroxyl groups is 1. The number of ether oxygens (including phenoxy) is 1. The summed E-state index contributed by atoms with van der Waals surface area (Å²) in [5.74, 6) is 10.0. The number of methoxy groups -OCH3 is 1. The summed E-state index contributed by atoms with van der Waals surface area (Å²) in [5, 5.41) is 26.5. The van der Waals surface area contributed by atoms with E-state index >= 15 is 0 Å². The van der Waals surface area contributed by atoms with Crippen molar-refractivity contribution < 1.29 is 29.4 Å². The van der Waals surface area contributed by atoms with Gasteiger partial charge < -0.3 is 25.8 Å². The fraction of sp³-hybridized carbons (Fsp3) is 0.172. The van der Waals surface area contributed by atoms with Crippen LogP contribution in [0, 0.1) is 23.7 Å².